The molecule has 0 radical (unpaired) electrons. The lowest BCUT2D eigenvalue weighted by Crippen LogP contribution is -2.36. The van der Waals surface area contributed by atoms with Crippen molar-refractivity contribution in [3.63, 3.8) is 0 Å². The summed E-state index contributed by atoms with van der Waals surface area (Å²) >= 11 is 3.55. The number of rotatable bonds is 2. The second kappa shape index (κ2) is 13.4. The lowest BCUT2D eigenvalue weighted by molar-refractivity contribution is 0.122. The van der Waals surface area contributed by atoms with Gasteiger partial charge in [-0.3, -0.25) is 0 Å². The molecule has 0 atom stereocenters. The molecular formula is C34H42BrN3O2. The molecule has 6 heteroatoms. The molecule has 3 aromatic rings. The third-order valence-corrected chi connectivity index (χ3v) is 9.50. The highest BCUT2D eigenvalue weighted by Gasteiger charge is 2.20. The maximum atomic E-state index is 5.40. The number of nitrogens with one attached hydrogen (secondary N) is 1. The van der Waals surface area contributed by atoms with Crippen molar-refractivity contribution in [3.8, 4) is 0 Å². The van der Waals surface area contributed by atoms with Gasteiger partial charge in [-0.25, -0.2) is 0 Å². The molecule has 2 fully saturated rings. The number of morpholine rings is 2. The van der Waals surface area contributed by atoms with Crippen LogP contribution in [-0.2, 0) is 41.6 Å². The number of hydrogen-bond acceptors (Lipinski definition) is 5. The summed E-state index contributed by atoms with van der Waals surface area (Å²) in [5.41, 5.74) is 11.9. The molecule has 2 saturated heterocycles. The Morgan fingerprint density at radius 3 is 1.77 bits per heavy atom. The number of ether oxygens (including phenoxy) is 2. The third kappa shape index (κ3) is 6.35. The number of hydrogen-bond donors (Lipinski definition) is 1. The molecule has 2 aliphatic carbocycles. The fraction of sp³-hybridized carbons (Fsp3) is 0.471. The van der Waals surface area contributed by atoms with E-state index in [1.807, 2.05) is 0 Å². The van der Waals surface area contributed by atoms with Gasteiger partial charge in [0.05, 0.1) is 26.4 Å². The highest BCUT2D eigenvalue weighted by atomic mass is 79.9. The number of fused-ring (bicyclic) bond motifs is 3. The topological polar surface area (TPSA) is 37.0 Å². The second-order valence-corrected chi connectivity index (χ2v) is 12.0. The Hall–Kier alpha value is -2.54. The Morgan fingerprint density at radius 2 is 1.12 bits per heavy atom. The fourth-order valence-corrected chi connectivity index (χ4v) is 7.30. The summed E-state index contributed by atoms with van der Waals surface area (Å²) in [4.78, 5) is 4.92. The first-order valence-corrected chi connectivity index (χ1v) is 16.0. The van der Waals surface area contributed by atoms with Crippen LogP contribution in [0.3, 0.4) is 0 Å². The summed E-state index contributed by atoms with van der Waals surface area (Å²) in [6.07, 6.45) is 8.89. The van der Waals surface area contributed by atoms with Crippen LogP contribution in [-0.4, -0.2) is 59.2 Å². The van der Waals surface area contributed by atoms with E-state index in [-0.39, 0.29) is 0 Å². The van der Waals surface area contributed by atoms with Gasteiger partial charge in [-0.1, -0.05) is 46.3 Å². The molecule has 3 heterocycles. The molecule has 5 aliphatic rings. The largest absolute Gasteiger partial charge is 0.384 e. The van der Waals surface area contributed by atoms with Crippen LogP contribution in [0.1, 0.15) is 40.7 Å². The predicted octanol–water partition coefficient (Wildman–Crippen LogP) is 6.44. The van der Waals surface area contributed by atoms with E-state index in [2.05, 4.69) is 85.6 Å². The van der Waals surface area contributed by atoms with Crippen LogP contribution in [0, 0.1) is 0 Å². The Morgan fingerprint density at radius 1 is 0.575 bits per heavy atom. The highest BCUT2D eigenvalue weighted by Crippen LogP contribution is 2.33. The molecule has 40 heavy (non-hydrogen) atoms. The maximum absolute atomic E-state index is 5.40. The molecule has 1 N–H and O–H groups in total. The van der Waals surface area contributed by atoms with Crippen LogP contribution in [0.15, 0.2) is 59.1 Å². The van der Waals surface area contributed by atoms with E-state index in [1.165, 1.54) is 76.8 Å². The van der Waals surface area contributed by atoms with E-state index in [0.29, 0.717) is 0 Å². The molecule has 5 nitrogen and oxygen atoms in total. The van der Waals surface area contributed by atoms with Gasteiger partial charge in [0.25, 0.3) is 0 Å². The first-order chi connectivity index (χ1) is 19.8. The van der Waals surface area contributed by atoms with Crippen molar-refractivity contribution < 1.29 is 9.47 Å². The minimum Gasteiger partial charge on any atom is -0.384 e. The first-order valence-electron chi connectivity index (χ1n) is 15.2. The average Bonchev–Trinajstić information content (AvgIpc) is 3.80. The minimum absolute atomic E-state index is 0.858. The van der Waals surface area contributed by atoms with Gasteiger partial charge in [0.1, 0.15) is 0 Å². The van der Waals surface area contributed by atoms with E-state index >= 15 is 0 Å². The Kier molecular flexibility index (Phi) is 9.26. The zero-order valence-electron chi connectivity index (χ0n) is 23.6. The molecule has 3 aliphatic heterocycles. The quantitative estimate of drug-likeness (QED) is 0.365. The van der Waals surface area contributed by atoms with E-state index in [4.69, 9.17) is 9.47 Å². The first kappa shape index (κ1) is 27.6. The number of nitrogens with zero attached hydrogens (tertiary/aromatic N) is 2. The van der Waals surface area contributed by atoms with Crippen molar-refractivity contribution >= 4 is 33.0 Å². The maximum Gasteiger partial charge on any atom is 0.0642 e. The zero-order valence-corrected chi connectivity index (χ0v) is 25.2. The summed E-state index contributed by atoms with van der Waals surface area (Å²) < 4.78 is 12.1. The lowest BCUT2D eigenvalue weighted by Gasteiger charge is -2.30. The van der Waals surface area contributed by atoms with Gasteiger partial charge in [-0.05, 0) is 91.5 Å². The SMILES string of the molecule is Brc1cccc2c1CCC2.c1cc2c(c(N3CCOCC3)c1)CCC2.c1cc2c(c(N3CCOCC3)c1)CCN2. The van der Waals surface area contributed by atoms with Gasteiger partial charge < -0.3 is 24.6 Å². The molecule has 3 aromatic carbocycles. The van der Waals surface area contributed by atoms with Crippen LogP contribution >= 0.6 is 15.9 Å². The molecule has 212 valence electrons. The Labute approximate surface area is 248 Å². The fourth-order valence-electron chi connectivity index (χ4n) is 6.70. The average molecular weight is 605 g/mol. The predicted molar refractivity (Wildman–Crippen MR) is 169 cm³/mol. The van der Waals surface area contributed by atoms with Gasteiger partial charge in [-0.2, -0.15) is 0 Å². The molecule has 0 aromatic heterocycles. The molecule has 0 saturated carbocycles. The smallest absolute Gasteiger partial charge is 0.0642 e. The summed E-state index contributed by atoms with van der Waals surface area (Å²) in [5.74, 6) is 0. The standard InChI is InChI=1S/C13H17NO.C12H16N2O.C9H9Br/c1-3-11-4-2-6-13(12(11)5-1)14-7-9-15-10-8-14;1-2-11-10(4-5-13-11)12(3-1)14-6-8-15-9-7-14;10-9-6-2-4-7-3-1-5-8(7)9/h2,4,6H,1,3,5,7-10H2;1-3,13H,4-9H2;2,4,6H,1,3,5H2. The van der Waals surface area contributed by atoms with Gasteiger partial charge in [0.15, 0.2) is 0 Å². The Balaban J connectivity index is 0.000000111. The third-order valence-electron chi connectivity index (χ3n) is 8.76. The van der Waals surface area contributed by atoms with Crippen molar-refractivity contribution in [2.45, 2.75) is 44.9 Å². The van der Waals surface area contributed by atoms with Gasteiger partial charge in [0, 0.05) is 59.8 Å². The summed E-state index contributed by atoms with van der Waals surface area (Å²) in [7, 11) is 0. The van der Waals surface area contributed by atoms with Crippen molar-refractivity contribution in [2.75, 3.05) is 74.3 Å². The molecule has 0 bridgehead atoms. The van der Waals surface area contributed by atoms with Crippen LogP contribution < -0.4 is 15.1 Å². The monoisotopic (exact) mass is 603 g/mol. The van der Waals surface area contributed by atoms with Crippen molar-refractivity contribution in [3.05, 3.63) is 86.9 Å². The zero-order chi connectivity index (χ0) is 27.1. The number of anilines is 3. The van der Waals surface area contributed by atoms with Crippen LogP contribution in [0.2, 0.25) is 0 Å². The van der Waals surface area contributed by atoms with Crippen LogP contribution in [0.5, 0.6) is 0 Å². The molecule has 0 unspecified atom stereocenters. The van der Waals surface area contributed by atoms with Crippen LogP contribution in [0.25, 0.3) is 0 Å². The highest BCUT2D eigenvalue weighted by molar-refractivity contribution is 9.10. The normalized spacial score (nSPS) is 18.9. The van der Waals surface area contributed by atoms with E-state index < -0.39 is 0 Å². The van der Waals surface area contributed by atoms with Crippen LogP contribution in [0.4, 0.5) is 17.1 Å². The van der Waals surface area contributed by atoms with Gasteiger partial charge in [-0.15, -0.1) is 0 Å². The Bertz CT molecular complexity index is 1210. The van der Waals surface area contributed by atoms with Crippen molar-refractivity contribution in [2.24, 2.45) is 0 Å². The lowest BCUT2D eigenvalue weighted by atomic mass is 10.1. The van der Waals surface area contributed by atoms with Crippen molar-refractivity contribution in [1.82, 2.24) is 0 Å². The summed E-state index contributed by atoms with van der Waals surface area (Å²) in [6, 6.07) is 19.8. The molecular weight excluding hydrogens is 562 g/mol. The van der Waals surface area contributed by atoms with E-state index in [9.17, 15) is 0 Å². The number of aryl methyl sites for hydroxylation is 2. The van der Waals surface area contributed by atoms with Gasteiger partial charge in [0.2, 0.25) is 0 Å². The van der Waals surface area contributed by atoms with E-state index in [1.54, 1.807) is 11.1 Å². The molecule has 8 rings (SSSR count). The van der Waals surface area contributed by atoms with Gasteiger partial charge >= 0.3 is 0 Å². The molecule has 0 amide bonds. The number of benzene rings is 3. The minimum atomic E-state index is 0.858. The van der Waals surface area contributed by atoms with Crippen molar-refractivity contribution in [1.29, 1.82) is 0 Å². The summed E-state index contributed by atoms with van der Waals surface area (Å²) in [6.45, 7) is 8.71. The number of halogens is 1. The summed E-state index contributed by atoms with van der Waals surface area (Å²) in [5, 5.41) is 3.42. The second-order valence-electron chi connectivity index (χ2n) is 11.2. The molecule has 0 spiro atoms. The van der Waals surface area contributed by atoms with E-state index in [0.717, 1.165) is 65.6 Å².